The topological polar surface area (TPSA) is 97.0 Å². The van der Waals surface area contributed by atoms with Gasteiger partial charge >= 0.3 is 12.2 Å². The quantitative estimate of drug-likeness (QED) is 0.495. The summed E-state index contributed by atoms with van der Waals surface area (Å²) in [5, 5.41) is 5.41. The summed E-state index contributed by atoms with van der Waals surface area (Å²) < 4.78 is 10.5. The summed E-state index contributed by atoms with van der Waals surface area (Å²) in [4.78, 5) is 38.4. The summed E-state index contributed by atoms with van der Waals surface area (Å²) in [6.45, 7) is 12.4. The van der Waals surface area contributed by atoms with Crippen molar-refractivity contribution >= 4 is 18.1 Å². The lowest BCUT2D eigenvalue weighted by atomic mass is 10.1. The van der Waals surface area contributed by atoms with Crippen LogP contribution in [0.15, 0.2) is 12.2 Å². The summed E-state index contributed by atoms with van der Waals surface area (Å²) in [6.07, 6.45) is 5.54. The van der Waals surface area contributed by atoms with E-state index in [1.807, 2.05) is 12.2 Å². The third kappa shape index (κ3) is 11.4. The molecule has 0 unspecified atom stereocenters. The lowest BCUT2D eigenvalue weighted by Gasteiger charge is -2.29. The van der Waals surface area contributed by atoms with E-state index in [-0.39, 0.29) is 5.91 Å². The highest BCUT2D eigenvalue weighted by Crippen LogP contribution is 2.12. The fraction of sp³-hybridized carbons (Fsp3) is 0.762. The Balaban J connectivity index is 2.53. The monoisotopic (exact) mass is 411 g/mol. The van der Waals surface area contributed by atoms with Crippen molar-refractivity contribution in [2.45, 2.75) is 84.5 Å². The number of amides is 3. The molecular weight excluding hydrogens is 374 g/mol. The number of unbranched alkanes of at least 4 members (excludes halogenated alkanes) is 1. The molecular formula is C21H37N3O5. The van der Waals surface area contributed by atoms with E-state index >= 15 is 0 Å². The SMILES string of the molecule is CC(C)(C)OC(=O)NCCCC[C@H](NC(=O)OC(C)(C)C)C(=O)N1CC=CCC1. The molecule has 3 amide bonds. The van der Waals surface area contributed by atoms with Crippen molar-refractivity contribution in [2.75, 3.05) is 19.6 Å². The van der Waals surface area contributed by atoms with E-state index in [4.69, 9.17) is 9.47 Å². The molecule has 0 aliphatic carbocycles. The van der Waals surface area contributed by atoms with Gasteiger partial charge in [-0.05, 0) is 67.2 Å². The molecule has 0 saturated carbocycles. The summed E-state index contributed by atoms with van der Waals surface area (Å²) in [5.41, 5.74) is -1.18. The van der Waals surface area contributed by atoms with Crippen LogP contribution in [0.2, 0.25) is 0 Å². The fourth-order valence-electron chi connectivity index (χ4n) is 2.75. The molecule has 1 heterocycles. The number of rotatable bonds is 7. The van der Waals surface area contributed by atoms with Gasteiger partial charge in [0, 0.05) is 19.6 Å². The van der Waals surface area contributed by atoms with Crippen LogP contribution in [0.25, 0.3) is 0 Å². The van der Waals surface area contributed by atoms with E-state index in [0.29, 0.717) is 38.9 Å². The molecule has 0 aromatic rings. The largest absolute Gasteiger partial charge is 0.444 e. The molecule has 1 aliphatic heterocycles. The van der Waals surface area contributed by atoms with E-state index in [0.717, 1.165) is 6.42 Å². The molecule has 1 rings (SSSR count). The molecule has 166 valence electrons. The molecule has 29 heavy (non-hydrogen) atoms. The Hall–Kier alpha value is -2.25. The minimum absolute atomic E-state index is 0.111. The third-order valence-electron chi connectivity index (χ3n) is 3.95. The van der Waals surface area contributed by atoms with Crippen LogP contribution in [0.1, 0.15) is 67.2 Å². The van der Waals surface area contributed by atoms with Gasteiger partial charge in [0.15, 0.2) is 0 Å². The zero-order valence-electron chi connectivity index (χ0n) is 18.7. The molecule has 8 heteroatoms. The molecule has 0 aromatic heterocycles. The Kier molecular flexibility index (Phi) is 9.46. The first-order valence-corrected chi connectivity index (χ1v) is 10.3. The summed E-state index contributed by atoms with van der Waals surface area (Å²) in [5.74, 6) is -0.111. The van der Waals surface area contributed by atoms with Crippen molar-refractivity contribution in [2.24, 2.45) is 0 Å². The van der Waals surface area contributed by atoms with Crippen molar-refractivity contribution < 1.29 is 23.9 Å². The van der Waals surface area contributed by atoms with Crippen molar-refractivity contribution in [3.8, 4) is 0 Å². The van der Waals surface area contributed by atoms with Crippen LogP contribution in [0, 0.1) is 0 Å². The van der Waals surface area contributed by atoms with Gasteiger partial charge in [-0.2, -0.15) is 0 Å². The molecule has 0 fully saturated rings. The Morgan fingerprint density at radius 2 is 1.59 bits per heavy atom. The Labute approximate surface area is 174 Å². The van der Waals surface area contributed by atoms with Crippen LogP contribution in [-0.4, -0.2) is 59.9 Å². The molecule has 0 bridgehead atoms. The number of carbonyl (C=O) groups excluding carboxylic acids is 3. The third-order valence-corrected chi connectivity index (χ3v) is 3.95. The van der Waals surface area contributed by atoms with E-state index in [2.05, 4.69) is 10.6 Å². The van der Waals surface area contributed by atoms with Gasteiger partial charge in [0.2, 0.25) is 5.91 Å². The zero-order chi connectivity index (χ0) is 22.1. The Morgan fingerprint density at radius 3 is 2.14 bits per heavy atom. The number of alkyl carbamates (subject to hydrolysis) is 2. The summed E-state index contributed by atoms with van der Waals surface area (Å²) in [7, 11) is 0. The molecule has 0 saturated heterocycles. The van der Waals surface area contributed by atoms with Crippen LogP contribution in [0.4, 0.5) is 9.59 Å². The highest BCUT2D eigenvalue weighted by molar-refractivity contribution is 5.86. The summed E-state index contributed by atoms with van der Waals surface area (Å²) in [6, 6.07) is -0.655. The van der Waals surface area contributed by atoms with E-state index < -0.39 is 29.4 Å². The zero-order valence-corrected chi connectivity index (χ0v) is 18.7. The maximum absolute atomic E-state index is 12.9. The second kappa shape index (κ2) is 11.1. The van der Waals surface area contributed by atoms with Gasteiger partial charge in [-0.15, -0.1) is 0 Å². The van der Waals surface area contributed by atoms with Crippen LogP contribution in [0.3, 0.4) is 0 Å². The molecule has 0 radical (unpaired) electrons. The van der Waals surface area contributed by atoms with Crippen LogP contribution < -0.4 is 10.6 Å². The molecule has 1 atom stereocenters. The van der Waals surface area contributed by atoms with Gasteiger partial charge in [-0.25, -0.2) is 9.59 Å². The predicted octanol–water partition coefficient (Wildman–Crippen LogP) is 3.36. The Morgan fingerprint density at radius 1 is 0.966 bits per heavy atom. The van der Waals surface area contributed by atoms with Gasteiger partial charge in [-0.3, -0.25) is 4.79 Å². The average molecular weight is 412 g/mol. The van der Waals surface area contributed by atoms with E-state index in [1.165, 1.54) is 0 Å². The second-order valence-corrected chi connectivity index (χ2v) is 9.17. The molecule has 1 aliphatic rings. The van der Waals surface area contributed by atoms with E-state index in [9.17, 15) is 14.4 Å². The van der Waals surface area contributed by atoms with Gasteiger partial charge in [-0.1, -0.05) is 12.2 Å². The highest BCUT2D eigenvalue weighted by atomic mass is 16.6. The van der Waals surface area contributed by atoms with Crippen LogP contribution in [0.5, 0.6) is 0 Å². The lowest BCUT2D eigenvalue weighted by Crippen LogP contribution is -2.50. The van der Waals surface area contributed by atoms with Gasteiger partial charge < -0.3 is 25.0 Å². The highest BCUT2D eigenvalue weighted by Gasteiger charge is 2.27. The standard InChI is InChI=1S/C21H37N3O5/c1-20(2,3)28-18(26)22-13-9-8-12-16(23-19(27)29-21(4,5)6)17(25)24-14-10-7-11-15-24/h7,10,16H,8-9,11-15H2,1-6H3,(H,22,26)(H,23,27)/t16-/m0/s1. The maximum Gasteiger partial charge on any atom is 0.408 e. The number of ether oxygens (including phenoxy) is 2. The number of carbonyl (C=O) groups is 3. The number of hydrogen-bond acceptors (Lipinski definition) is 5. The van der Waals surface area contributed by atoms with Crippen molar-refractivity contribution in [3.63, 3.8) is 0 Å². The van der Waals surface area contributed by atoms with Gasteiger partial charge in [0.1, 0.15) is 17.2 Å². The number of nitrogens with one attached hydrogen (secondary N) is 2. The Bertz CT molecular complexity index is 590. The lowest BCUT2D eigenvalue weighted by molar-refractivity contribution is -0.133. The van der Waals surface area contributed by atoms with Gasteiger partial charge in [0.05, 0.1) is 0 Å². The first-order valence-electron chi connectivity index (χ1n) is 10.3. The fourth-order valence-corrected chi connectivity index (χ4v) is 2.75. The van der Waals surface area contributed by atoms with E-state index in [1.54, 1.807) is 46.4 Å². The average Bonchev–Trinajstić information content (AvgIpc) is 2.57. The predicted molar refractivity (Wildman–Crippen MR) is 112 cm³/mol. The summed E-state index contributed by atoms with van der Waals surface area (Å²) >= 11 is 0. The first kappa shape index (κ1) is 24.8. The number of hydrogen-bond donors (Lipinski definition) is 2. The molecule has 0 spiro atoms. The second-order valence-electron chi connectivity index (χ2n) is 9.17. The number of nitrogens with zero attached hydrogens (tertiary/aromatic N) is 1. The minimum Gasteiger partial charge on any atom is -0.444 e. The van der Waals surface area contributed by atoms with Crippen molar-refractivity contribution in [1.29, 1.82) is 0 Å². The van der Waals surface area contributed by atoms with Crippen LogP contribution in [-0.2, 0) is 14.3 Å². The maximum atomic E-state index is 12.9. The van der Waals surface area contributed by atoms with Crippen molar-refractivity contribution in [3.05, 3.63) is 12.2 Å². The molecule has 0 aromatic carbocycles. The molecule has 2 N–H and O–H groups in total. The minimum atomic E-state index is -0.655. The molecule has 8 nitrogen and oxygen atoms in total. The first-order chi connectivity index (χ1) is 13.4. The van der Waals surface area contributed by atoms with Gasteiger partial charge in [0.25, 0.3) is 0 Å². The smallest absolute Gasteiger partial charge is 0.408 e. The van der Waals surface area contributed by atoms with Crippen LogP contribution >= 0.6 is 0 Å². The van der Waals surface area contributed by atoms with Crippen molar-refractivity contribution in [1.82, 2.24) is 15.5 Å². The normalized spacial score (nSPS) is 15.4.